The zero-order valence-corrected chi connectivity index (χ0v) is 13.1. The molecule has 1 aliphatic carbocycles. The number of amides is 1. The molecule has 0 aliphatic heterocycles. The average molecular weight is 332 g/mol. The lowest BCUT2D eigenvalue weighted by Gasteiger charge is -2.15. The fourth-order valence-corrected chi connectivity index (χ4v) is 3.27. The quantitative estimate of drug-likeness (QED) is 0.826. The second-order valence-corrected chi connectivity index (χ2v) is 6.68. The molecule has 0 aromatic heterocycles. The van der Waals surface area contributed by atoms with E-state index in [2.05, 4.69) is 5.32 Å². The first-order valence-corrected chi connectivity index (χ1v) is 8.10. The third-order valence-electron chi connectivity index (χ3n) is 3.63. The van der Waals surface area contributed by atoms with Crippen LogP contribution in [0, 0.1) is 12.8 Å². The van der Waals surface area contributed by atoms with Crippen molar-refractivity contribution < 1.29 is 18.0 Å². The summed E-state index contributed by atoms with van der Waals surface area (Å²) in [6.07, 6.45) is -2.08. The van der Waals surface area contributed by atoms with Gasteiger partial charge >= 0.3 is 6.18 Å². The average Bonchev–Trinajstić information content (AvgIpc) is 2.83. The van der Waals surface area contributed by atoms with Gasteiger partial charge < -0.3 is 11.1 Å². The van der Waals surface area contributed by atoms with Crippen LogP contribution in [0.15, 0.2) is 23.1 Å². The monoisotopic (exact) mass is 332 g/mol. The third-order valence-corrected chi connectivity index (χ3v) is 4.77. The molecule has 1 saturated carbocycles. The first kappa shape index (κ1) is 17.1. The van der Waals surface area contributed by atoms with Crippen molar-refractivity contribution in [3.05, 3.63) is 23.8 Å². The number of hydrogen-bond acceptors (Lipinski definition) is 3. The van der Waals surface area contributed by atoms with E-state index in [-0.39, 0.29) is 17.9 Å². The number of nitrogens with one attached hydrogen (secondary N) is 1. The molecule has 0 bridgehead atoms. The van der Waals surface area contributed by atoms with E-state index in [1.54, 1.807) is 18.2 Å². The fraction of sp³-hybridized carbons (Fsp3) is 0.533. The van der Waals surface area contributed by atoms with Gasteiger partial charge in [-0.05, 0) is 43.9 Å². The summed E-state index contributed by atoms with van der Waals surface area (Å²) in [4.78, 5) is 12.7. The zero-order valence-electron chi connectivity index (χ0n) is 12.2. The van der Waals surface area contributed by atoms with E-state index in [4.69, 9.17) is 5.73 Å². The maximum absolute atomic E-state index is 12.4. The molecule has 1 amide bonds. The number of rotatable bonds is 4. The lowest BCUT2D eigenvalue weighted by Crippen LogP contribution is -2.23. The molecule has 1 fully saturated rings. The highest BCUT2D eigenvalue weighted by Gasteiger charge is 2.30. The SMILES string of the molecule is Cc1ccc(SCC(F)(F)F)c(NC(=O)C2CCC(N)C2)c1. The van der Waals surface area contributed by atoms with Gasteiger partial charge in [0.15, 0.2) is 0 Å². The molecule has 1 aromatic carbocycles. The van der Waals surface area contributed by atoms with Crippen molar-refractivity contribution in [3.8, 4) is 0 Å². The highest BCUT2D eigenvalue weighted by molar-refractivity contribution is 7.99. The number of halogens is 3. The molecule has 2 unspecified atom stereocenters. The number of nitrogens with two attached hydrogens (primary N) is 1. The van der Waals surface area contributed by atoms with Crippen LogP contribution in [0.5, 0.6) is 0 Å². The van der Waals surface area contributed by atoms with E-state index in [0.717, 1.165) is 18.4 Å². The van der Waals surface area contributed by atoms with Gasteiger partial charge in [-0.25, -0.2) is 0 Å². The molecule has 1 aliphatic rings. The Labute approximate surface area is 131 Å². The lowest BCUT2D eigenvalue weighted by atomic mass is 10.1. The Bertz CT molecular complexity index is 548. The van der Waals surface area contributed by atoms with Gasteiger partial charge in [-0.2, -0.15) is 13.2 Å². The molecular formula is C15H19F3N2OS. The normalized spacial score (nSPS) is 21.9. The number of anilines is 1. The van der Waals surface area contributed by atoms with E-state index in [9.17, 15) is 18.0 Å². The third kappa shape index (κ3) is 4.91. The molecule has 3 N–H and O–H groups in total. The second-order valence-electron chi connectivity index (χ2n) is 5.66. The number of carbonyl (C=O) groups is 1. The minimum absolute atomic E-state index is 0.0346. The standard InChI is InChI=1S/C15H19F3N2OS/c1-9-2-5-13(22-8-15(16,17)18)12(6-9)20-14(21)10-3-4-11(19)7-10/h2,5-6,10-11H,3-4,7-8,19H2,1H3,(H,20,21). The van der Waals surface area contributed by atoms with Gasteiger partial charge in [-0.3, -0.25) is 4.79 Å². The van der Waals surface area contributed by atoms with Crippen LogP contribution in [-0.2, 0) is 4.79 Å². The van der Waals surface area contributed by atoms with Gasteiger partial charge in [0.1, 0.15) is 0 Å². The first-order chi connectivity index (χ1) is 10.2. The molecule has 2 atom stereocenters. The zero-order chi connectivity index (χ0) is 16.3. The van der Waals surface area contributed by atoms with Crippen LogP contribution in [0.25, 0.3) is 0 Å². The van der Waals surface area contributed by atoms with Crippen LogP contribution >= 0.6 is 11.8 Å². The Kier molecular flexibility index (Phi) is 5.39. The predicted molar refractivity (Wildman–Crippen MR) is 81.9 cm³/mol. The molecule has 7 heteroatoms. The smallest absolute Gasteiger partial charge is 0.328 e. The minimum Gasteiger partial charge on any atom is -0.328 e. The summed E-state index contributed by atoms with van der Waals surface area (Å²) >= 11 is 0.683. The fourth-order valence-electron chi connectivity index (χ4n) is 2.52. The molecular weight excluding hydrogens is 313 g/mol. The summed E-state index contributed by atoms with van der Waals surface area (Å²) in [7, 11) is 0. The summed E-state index contributed by atoms with van der Waals surface area (Å²) in [5.41, 5.74) is 7.13. The van der Waals surface area contributed by atoms with Gasteiger partial charge in [0.2, 0.25) is 5.91 Å². The Hall–Kier alpha value is -1.21. The van der Waals surface area contributed by atoms with Crippen molar-refractivity contribution in [2.24, 2.45) is 11.7 Å². The van der Waals surface area contributed by atoms with Crippen molar-refractivity contribution in [1.82, 2.24) is 0 Å². The molecule has 0 radical (unpaired) electrons. The molecule has 2 rings (SSSR count). The van der Waals surface area contributed by atoms with Crippen LogP contribution in [0.1, 0.15) is 24.8 Å². The van der Waals surface area contributed by atoms with Gasteiger partial charge in [0.25, 0.3) is 0 Å². The van der Waals surface area contributed by atoms with Gasteiger partial charge in [0.05, 0.1) is 11.4 Å². The second kappa shape index (κ2) is 6.91. The Morgan fingerprint density at radius 1 is 1.41 bits per heavy atom. The van der Waals surface area contributed by atoms with E-state index >= 15 is 0 Å². The number of carbonyl (C=O) groups excluding carboxylic acids is 1. The topological polar surface area (TPSA) is 55.1 Å². The van der Waals surface area contributed by atoms with E-state index < -0.39 is 11.9 Å². The number of alkyl halides is 3. The number of thioether (sulfide) groups is 1. The summed E-state index contributed by atoms with van der Waals surface area (Å²) < 4.78 is 37.1. The highest BCUT2D eigenvalue weighted by Crippen LogP contribution is 2.34. The summed E-state index contributed by atoms with van der Waals surface area (Å²) in [6, 6.07) is 5.08. The summed E-state index contributed by atoms with van der Waals surface area (Å²) in [6.45, 7) is 1.83. The maximum atomic E-state index is 12.4. The van der Waals surface area contributed by atoms with Crippen molar-refractivity contribution in [2.75, 3.05) is 11.1 Å². The van der Waals surface area contributed by atoms with Crippen LogP contribution < -0.4 is 11.1 Å². The Balaban J connectivity index is 2.08. The molecule has 1 aromatic rings. The van der Waals surface area contributed by atoms with Crippen molar-refractivity contribution in [3.63, 3.8) is 0 Å². The van der Waals surface area contributed by atoms with E-state index in [0.29, 0.717) is 28.8 Å². The van der Waals surface area contributed by atoms with Crippen LogP contribution in [-0.4, -0.2) is 23.9 Å². The van der Waals surface area contributed by atoms with Gasteiger partial charge in [-0.15, -0.1) is 11.8 Å². The van der Waals surface area contributed by atoms with Crippen molar-refractivity contribution in [1.29, 1.82) is 0 Å². The van der Waals surface area contributed by atoms with E-state index in [1.807, 2.05) is 6.92 Å². The largest absolute Gasteiger partial charge is 0.398 e. The van der Waals surface area contributed by atoms with Crippen molar-refractivity contribution >= 4 is 23.4 Å². The Morgan fingerprint density at radius 3 is 2.73 bits per heavy atom. The summed E-state index contributed by atoms with van der Waals surface area (Å²) in [5.74, 6) is -1.30. The lowest BCUT2D eigenvalue weighted by molar-refractivity contribution is -0.119. The van der Waals surface area contributed by atoms with Crippen LogP contribution in [0.2, 0.25) is 0 Å². The molecule has 122 valence electrons. The first-order valence-electron chi connectivity index (χ1n) is 7.11. The highest BCUT2D eigenvalue weighted by atomic mass is 32.2. The minimum atomic E-state index is -4.24. The van der Waals surface area contributed by atoms with Gasteiger partial charge in [-0.1, -0.05) is 6.07 Å². The number of hydrogen-bond donors (Lipinski definition) is 2. The molecule has 0 heterocycles. The van der Waals surface area contributed by atoms with E-state index in [1.165, 1.54) is 0 Å². The molecule has 0 spiro atoms. The molecule has 22 heavy (non-hydrogen) atoms. The van der Waals surface area contributed by atoms with Crippen LogP contribution in [0.4, 0.5) is 18.9 Å². The predicted octanol–water partition coefficient (Wildman–Crippen LogP) is 3.72. The number of benzene rings is 1. The molecule has 3 nitrogen and oxygen atoms in total. The Morgan fingerprint density at radius 2 is 2.14 bits per heavy atom. The number of aryl methyl sites for hydroxylation is 1. The van der Waals surface area contributed by atoms with Crippen LogP contribution in [0.3, 0.4) is 0 Å². The van der Waals surface area contributed by atoms with Gasteiger partial charge in [0, 0.05) is 16.9 Å². The maximum Gasteiger partial charge on any atom is 0.398 e. The van der Waals surface area contributed by atoms with Crippen molar-refractivity contribution in [2.45, 2.75) is 43.3 Å². The summed E-state index contributed by atoms with van der Waals surface area (Å²) in [5, 5.41) is 2.77. The molecule has 0 saturated heterocycles.